The number of thiol groups is 2. The first kappa shape index (κ1) is 24.0. The number of pyridine rings is 1. The van der Waals surface area contributed by atoms with E-state index >= 15 is 0 Å². The summed E-state index contributed by atoms with van der Waals surface area (Å²) in [6.45, 7) is 2.21. The molecular weight excluding hydrogens is 471 g/mol. The molecule has 0 radical (unpaired) electrons. The Hall–Kier alpha value is -2.67. The average Bonchev–Trinajstić information content (AvgIpc) is 2.78. The molecule has 1 aromatic heterocycles. The van der Waals surface area contributed by atoms with Gasteiger partial charge in [0, 0.05) is 34.8 Å². The molecule has 0 aliphatic carbocycles. The molecule has 0 unspecified atom stereocenters. The normalized spacial score (nSPS) is 10.8. The van der Waals surface area contributed by atoms with Crippen LogP contribution >= 0.6 is 36.9 Å². The fourth-order valence-electron chi connectivity index (χ4n) is 2.99. The van der Waals surface area contributed by atoms with Crippen molar-refractivity contribution < 1.29 is 13.9 Å². The monoisotopic (exact) mass is 490 g/mol. The summed E-state index contributed by atoms with van der Waals surface area (Å²) < 4.78 is 19.3. The Balaban J connectivity index is 2.14. The first-order chi connectivity index (χ1) is 15.4. The predicted molar refractivity (Wildman–Crippen MR) is 132 cm³/mol. The minimum Gasteiger partial charge on any atom is -0.492 e. The lowest BCUT2D eigenvalue weighted by atomic mass is 10.1. The number of nitriles is 1. The molecule has 166 valence electrons. The van der Waals surface area contributed by atoms with Crippen LogP contribution in [0, 0.1) is 23.1 Å². The molecule has 2 N–H and O–H groups in total. The zero-order chi connectivity index (χ0) is 23.3. The number of ether oxygens (including phenoxy) is 1. The maximum Gasteiger partial charge on any atom is 0.229 e. The molecule has 32 heavy (non-hydrogen) atoms. The number of nitrogens with zero attached hydrogens (tertiary/aromatic N) is 2. The predicted octanol–water partition coefficient (Wildman–Crippen LogP) is 5.46. The van der Waals surface area contributed by atoms with E-state index in [9.17, 15) is 14.4 Å². The van der Waals surface area contributed by atoms with Crippen molar-refractivity contribution in [2.24, 2.45) is 5.92 Å². The highest BCUT2D eigenvalue weighted by atomic mass is 35.5. The molecule has 6 nitrogen and oxygen atoms in total. The number of hydrogen-bond donors (Lipinski definition) is 4. The van der Waals surface area contributed by atoms with Gasteiger partial charge in [-0.15, -0.1) is 0 Å². The van der Waals surface area contributed by atoms with Gasteiger partial charge in [-0.3, -0.25) is 9.78 Å². The van der Waals surface area contributed by atoms with Crippen LogP contribution in [0.5, 0.6) is 5.75 Å². The van der Waals surface area contributed by atoms with Gasteiger partial charge in [0.2, 0.25) is 5.91 Å². The number of halogens is 2. The van der Waals surface area contributed by atoms with Crippen LogP contribution in [0.1, 0.15) is 12.5 Å². The molecule has 3 aromatic rings. The number of aromatic nitrogens is 1. The minimum atomic E-state index is -0.549. The Kier molecular flexibility index (Phi) is 8.07. The molecule has 0 atom stereocenters. The van der Waals surface area contributed by atoms with E-state index in [1.54, 1.807) is 12.1 Å². The van der Waals surface area contributed by atoms with Crippen molar-refractivity contribution in [2.45, 2.75) is 6.92 Å². The number of carbonyl (C=O) groups is 1. The Morgan fingerprint density at radius 2 is 2.06 bits per heavy atom. The highest BCUT2D eigenvalue weighted by Gasteiger charge is 2.19. The lowest BCUT2D eigenvalue weighted by Crippen LogP contribution is -2.25. The molecule has 1 heterocycles. The van der Waals surface area contributed by atoms with Crippen molar-refractivity contribution in [3.63, 3.8) is 0 Å². The van der Waals surface area contributed by atoms with E-state index in [1.807, 2.05) is 6.92 Å². The van der Waals surface area contributed by atoms with Crippen molar-refractivity contribution in [1.29, 1.82) is 5.26 Å². The number of nitrogens with one attached hydrogen (secondary N) is 2. The summed E-state index contributed by atoms with van der Waals surface area (Å²) in [5.74, 6) is -0.0741. The van der Waals surface area contributed by atoms with Crippen LogP contribution in [-0.4, -0.2) is 29.0 Å². The van der Waals surface area contributed by atoms with Crippen LogP contribution in [0.4, 0.5) is 21.5 Å². The van der Waals surface area contributed by atoms with Gasteiger partial charge in [0.05, 0.1) is 40.0 Å². The van der Waals surface area contributed by atoms with Crippen LogP contribution < -0.4 is 15.4 Å². The van der Waals surface area contributed by atoms with Crippen molar-refractivity contribution in [3.05, 3.63) is 52.9 Å². The highest BCUT2D eigenvalue weighted by molar-refractivity contribution is 7.81. The van der Waals surface area contributed by atoms with Gasteiger partial charge in [0.15, 0.2) is 0 Å². The van der Waals surface area contributed by atoms with Crippen LogP contribution in [0.15, 0.2) is 36.5 Å². The van der Waals surface area contributed by atoms with E-state index in [4.69, 9.17) is 16.3 Å². The number of fused-ring (bicyclic) bond motifs is 1. The highest BCUT2D eigenvalue weighted by Crippen LogP contribution is 2.36. The lowest BCUT2D eigenvalue weighted by Gasteiger charge is -2.18. The van der Waals surface area contributed by atoms with Crippen LogP contribution in [-0.2, 0) is 4.79 Å². The number of rotatable bonds is 8. The molecule has 0 aliphatic rings. The summed E-state index contributed by atoms with van der Waals surface area (Å²) in [6, 6.07) is 9.64. The fraction of sp³-hybridized carbons (Fsp3) is 0.227. The van der Waals surface area contributed by atoms with Crippen LogP contribution in [0.25, 0.3) is 10.9 Å². The zero-order valence-corrected chi connectivity index (χ0v) is 19.6. The van der Waals surface area contributed by atoms with Crippen molar-refractivity contribution in [3.8, 4) is 11.8 Å². The second kappa shape index (κ2) is 10.8. The van der Waals surface area contributed by atoms with Gasteiger partial charge in [-0.05, 0) is 31.2 Å². The third-order valence-corrected chi connectivity index (χ3v) is 5.82. The molecule has 0 spiro atoms. The number of benzene rings is 2. The van der Waals surface area contributed by atoms with Gasteiger partial charge in [-0.2, -0.15) is 30.5 Å². The van der Waals surface area contributed by atoms with Crippen LogP contribution in [0.2, 0.25) is 5.02 Å². The maximum atomic E-state index is 13.6. The SMILES string of the molecule is CCOc1cc2ncc(C#N)c(Nc3ccc(F)c(Cl)c3)c2cc1NC(=O)C(CS)CS. The quantitative estimate of drug-likeness (QED) is 0.315. The van der Waals surface area contributed by atoms with Gasteiger partial charge in [-0.25, -0.2) is 4.39 Å². The molecule has 2 aromatic carbocycles. The Bertz CT molecular complexity index is 1200. The van der Waals surface area contributed by atoms with E-state index in [0.29, 0.717) is 51.8 Å². The second-order valence-electron chi connectivity index (χ2n) is 6.76. The molecule has 0 fully saturated rings. The van der Waals surface area contributed by atoms with Crippen molar-refractivity contribution >= 4 is 70.7 Å². The standard InChI is InChI=1S/C22H20ClFN4O2S2/c1-2-30-20-7-18-15(6-19(20)28-22(29)13(10-31)11-32)21(12(8-25)9-26-18)27-14-3-4-17(24)16(23)5-14/h3-7,9,13,31-32H,2,10-11H2,1H3,(H,26,27)(H,28,29). The Morgan fingerprint density at radius 3 is 2.69 bits per heavy atom. The van der Waals surface area contributed by atoms with E-state index in [-0.39, 0.29) is 16.5 Å². The van der Waals surface area contributed by atoms with E-state index < -0.39 is 11.7 Å². The number of anilines is 3. The summed E-state index contributed by atoms with van der Waals surface area (Å²) in [6.07, 6.45) is 1.43. The van der Waals surface area contributed by atoms with Gasteiger partial charge in [-0.1, -0.05) is 11.6 Å². The topological polar surface area (TPSA) is 87.0 Å². The third kappa shape index (κ3) is 5.21. The zero-order valence-electron chi connectivity index (χ0n) is 17.0. The van der Waals surface area contributed by atoms with E-state index in [1.165, 1.54) is 24.4 Å². The Labute approximate surface area is 200 Å². The molecule has 0 aliphatic heterocycles. The number of carbonyl (C=O) groups excluding carboxylic acids is 1. The lowest BCUT2D eigenvalue weighted by molar-refractivity contribution is -0.118. The number of amides is 1. The summed E-state index contributed by atoms with van der Waals surface area (Å²) in [5.41, 5.74) is 2.17. The summed E-state index contributed by atoms with van der Waals surface area (Å²) in [4.78, 5) is 17.0. The first-order valence-electron chi connectivity index (χ1n) is 9.66. The molecular formula is C22H20ClFN4O2S2. The van der Waals surface area contributed by atoms with Crippen molar-refractivity contribution in [1.82, 2.24) is 4.98 Å². The summed E-state index contributed by atoms with van der Waals surface area (Å²) >= 11 is 14.3. The molecule has 0 saturated heterocycles. The van der Waals surface area contributed by atoms with Gasteiger partial charge >= 0.3 is 0 Å². The molecule has 3 rings (SSSR count). The molecule has 0 bridgehead atoms. The minimum absolute atomic E-state index is 0.0528. The third-order valence-electron chi connectivity index (χ3n) is 4.65. The maximum absolute atomic E-state index is 13.6. The van der Waals surface area contributed by atoms with Gasteiger partial charge < -0.3 is 15.4 Å². The number of hydrogen-bond acceptors (Lipinski definition) is 7. The van der Waals surface area contributed by atoms with E-state index in [2.05, 4.69) is 46.9 Å². The first-order valence-corrected chi connectivity index (χ1v) is 11.3. The molecule has 1 amide bonds. The fourth-order valence-corrected chi connectivity index (χ4v) is 3.96. The van der Waals surface area contributed by atoms with Gasteiger partial charge in [0.25, 0.3) is 0 Å². The molecule has 0 saturated carbocycles. The Morgan fingerprint density at radius 1 is 1.31 bits per heavy atom. The molecule has 10 heteroatoms. The largest absolute Gasteiger partial charge is 0.492 e. The summed E-state index contributed by atoms with van der Waals surface area (Å²) in [7, 11) is 0. The summed E-state index contributed by atoms with van der Waals surface area (Å²) in [5, 5.41) is 16.1. The second-order valence-corrected chi connectivity index (χ2v) is 7.90. The van der Waals surface area contributed by atoms with Crippen LogP contribution in [0.3, 0.4) is 0 Å². The van der Waals surface area contributed by atoms with E-state index in [0.717, 1.165) is 0 Å². The average molecular weight is 491 g/mol. The smallest absolute Gasteiger partial charge is 0.229 e. The van der Waals surface area contributed by atoms with Gasteiger partial charge in [0.1, 0.15) is 17.6 Å². The van der Waals surface area contributed by atoms with Crippen molar-refractivity contribution in [2.75, 3.05) is 28.7 Å².